The fourth-order valence-electron chi connectivity index (χ4n) is 2.93. The monoisotopic (exact) mass is 474 g/mol. The summed E-state index contributed by atoms with van der Waals surface area (Å²) in [4.78, 5) is 47.4. The Morgan fingerprint density at radius 2 is 1.35 bits per heavy atom. The van der Waals surface area contributed by atoms with E-state index in [1.807, 2.05) is 0 Å². The molecule has 0 aliphatic carbocycles. The summed E-state index contributed by atoms with van der Waals surface area (Å²) in [5.74, 6) is -2.57. The van der Waals surface area contributed by atoms with Crippen LogP contribution in [0.2, 0.25) is 5.02 Å². The highest BCUT2D eigenvalue weighted by molar-refractivity contribution is 7.99. The molecular weight excluding hydrogens is 452 g/mol. The number of ether oxygens (including phenoxy) is 5. The van der Waals surface area contributed by atoms with Crippen LogP contribution in [0.25, 0.3) is 0 Å². The zero-order valence-corrected chi connectivity index (χ0v) is 18.9. The zero-order chi connectivity index (χ0) is 23.1. The Labute approximate surface area is 188 Å². The van der Waals surface area contributed by atoms with Gasteiger partial charge in [-0.2, -0.15) is 0 Å². The number of carbonyl (C=O) groups excluding carboxylic acids is 4. The van der Waals surface area contributed by atoms with E-state index in [1.54, 1.807) is 24.3 Å². The fourth-order valence-corrected chi connectivity index (χ4v) is 4.16. The predicted molar refractivity (Wildman–Crippen MR) is 109 cm³/mol. The minimum absolute atomic E-state index is 0.268. The summed E-state index contributed by atoms with van der Waals surface area (Å²) in [7, 11) is 0. The number of rotatable bonds is 7. The first kappa shape index (κ1) is 25.0. The van der Waals surface area contributed by atoms with Crippen molar-refractivity contribution in [3.63, 3.8) is 0 Å². The lowest BCUT2D eigenvalue weighted by molar-refractivity contribution is -0.237. The Morgan fingerprint density at radius 3 is 1.87 bits per heavy atom. The van der Waals surface area contributed by atoms with Crippen LogP contribution in [0.3, 0.4) is 0 Å². The van der Waals surface area contributed by atoms with Gasteiger partial charge in [-0.15, -0.1) is 0 Å². The molecule has 1 aliphatic heterocycles. The lowest BCUT2D eigenvalue weighted by atomic mass is 9.99. The van der Waals surface area contributed by atoms with Crippen molar-refractivity contribution in [1.29, 1.82) is 0 Å². The van der Waals surface area contributed by atoms with Crippen molar-refractivity contribution in [2.45, 2.75) is 62.4 Å². The summed E-state index contributed by atoms with van der Waals surface area (Å²) < 4.78 is 27.2. The molecule has 11 heteroatoms. The number of hydrogen-bond acceptors (Lipinski definition) is 10. The van der Waals surface area contributed by atoms with E-state index in [2.05, 4.69) is 0 Å². The smallest absolute Gasteiger partial charge is 0.303 e. The Morgan fingerprint density at radius 1 is 0.839 bits per heavy atom. The minimum Gasteiger partial charge on any atom is -0.463 e. The average molecular weight is 475 g/mol. The van der Waals surface area contributed by atoms with Crippen LogP contribution in [-0.4, -0.2) is 60.3 Å². The molecule has 0 saturated carbocycles. The summed E-state index contributed by atoms with van der Waals surface area (Å²) in [6, 6.07) is 6.83. The van der Waals surface area contributed by atoms with Crippen LogP contribution in [-0.2, 0) is 42.9 Å². The molecule has 1 heterocycles. The van der Waals surface area contributed by atoms with E-state index in [4.69, 9.17) is 35.3 Å². The summed E-state index contributed by atoms with van der Waals surface area (Å²) in [5, 5.41) is 0.533. The molecule has 31 heavy (non-hydrogen) atoms. The van der Waals surface area contributed by atoms with Gasteiger partial charge in [0, 0.05) is 37.6 Å². The standard InChI is InChI=1S/C20H23ClO9S/c1-10(22)26-9-16-17(27-11(2)23)18(28-12(3)24)19(29-13(4)25)20(30-16)31-15-7-5-14(21)6-8-15/h5-8,16-20H,9H2,1-4H3/t16-,17-,18+,19-,20+/m1/s1. The second kappa shape index (κ2) is 11.4. The summed E-state index contributed by atoms with van der Waals surface area (Å²) in [6.45, 7) is 4.49. The molecule has 1 aliphatic rings. The van der Waals surface area contributed by atoms with Crippen LogP contribution >= 0.6 is 23.4 Å². The number of carbonyl (C=O) groups is 4. The van der Waals surface area contributed by atoms with Crippen LogP contribution in [0.15, 0.2) is 29.2 Å². The minimum atomic E-state index is -1.19. The highest BCUT2D eigenvalue weighted by Gasteiger charge is 2.52. The molecule has 5 atom stereocenters. The van der Waals surface area contributed by atoms with Gasteiger partial charge in [-0.1, -0.05) is 23.4 Å². The highest BCUT2D eigenvalue weighted by atomic mass is 35.5. The zero-order valence-electron chi connectivity index (χ0n) is 17.4. The second-order valence-corrected chi connectivity index (χ2v) is 8.25. The van der Waals surface area contributed by atoms with E-state index in [1.165, 1.54) is 39.5 Å². The van der Waals surface area contributed by atoms with E-state index in [0.717, 1.165) is 4.90 Å². The lowest BCUT2D eigenvalue weighted by Gasteiger charge is -2.44. The third-order valence-electron chi connectivity index (χ3n) is 4.01. The Bertz CT molecular complexity index is 813. The van der Waals surface area contributed by atoms with E-state index < -0.39 is 53.7 Å². The first-order valence-electron chi connectivity index (χ1n) is 9.29. The summed E-state index contributed by atoms with van der Waals surface area (Å²) >= 11 is 7.11. The summed E-state index contributed by atoms with van der Waals surface area (Å²) in [5.41, 5.74) is -0.873. The van der Waals surface area contributed by atoms with Gasteiger partial charge in [-0.25, -0.2) is 0 Å². The highest BCUT2D eigenvalue weighted by Crippen LogP contribution is 2.37. The Hall–Kier alpha value is -2.30. The van der Waals surface area contributed by atoms with E-state index in [0.29, 0.717) is 5.02 Å². The van der Waals surface area contributed by atoms with Crippen LogP contribution in [0, 0.1) is 0 Å². The quantitative estimate of drug-likeness (QED) is 0.431. The first-order chi connectivity index (χ1) is 14.6. The molecule has 0 aromatic heterocycles. The van der Waals surface area contributed by atoms with E-state index in [-0.39, 0.29) is 6.61 Å². The van der Waals surface area contributed by atoms with Gasteiger partial charge in [0.05, 0.1) is 0 Å². The largest absolute Gasteiger partial charge is 0.463 e. The van der Waals surface area contributed by atoms with Gasteiger partial charge in [0.25, 0.3) is 0 Å². The van der Waals surface area contributed by atoms with Crippen LogP contribution < -0.4 is 0 Å². The molecule has 9 nitrogen and oxygen atoms in total. The maximum Gasteiger partial charge on any atom is 0.303 e. The third-order valence-corrected chi connectivity index (χ3v) is 5.42. The molecule has 0 N–H and O–H groups in total. The van der Waals surface area contributed by atoms with Gasteiger partial charge in [-0.3, -0.25) is 19.2 Å². The van der Waals surface area contributed by atoms with E-state index in [9.17, 15) is 19.2 Å². The van der Waals surface area contributed by atoms with E-state index >= 15 is 0 Å². The number of thioether (sulfide) groups is 1. The molecule has 0 spiro atoms. The van der Waals surface area contributed by atoms with Crippen molar-refractivity contribution in [3.05, 3.63) is 29.3 Å². The topological polar surface area (TPSA) is 114 Å². The SMILES string of the molecule is CC(=O)OC[C@H]1O[C@@H](Sc2ccc(Cl)cc2)[C@H](OC(C)=O)[C@@H](OC(C)=O)[C@@H]1OC(C)=O. The molecule has 0 bridgehead atoms. The summed E-state index contributed by atoms with van der Waals surface area (Å²) in [6.07, 6.45) is -4.45. The fraction of sp³-hybridized carbons (Fsp3) is 0.500. The molecular formula is C20H23ClO9S. The average Bonchev–Trinajstić information content (AvgIpc) is 2.65. The van der Waals surface area contributed by atoms with Gasteiger partial charge in [0.1, 0.15) is 18.1 Å². The molecule has 1 saturated heterocycles. The third kappa shape index (κ3) is 7.71. The molecule has 170 valence electrons. The van der Waals surface area contributed by atoms with Crippen LogP contribution in [0.4, 0.5) is 0 Å². The molecule has 0 amide bonds. The van der Waals surface area contributed by atoms with Gasteiger partial charge in [0.2, 0.25) is 0 Å². The lowest BCUT2D eigenvalue weighted by Crippen LogP contribution is -2.61. The van der Waals surface area contributed by atoms with Crippen molar-refractivity contribution < 1.29 is 42.9 Å². The Kier molecular flexibility index (Phi) is 9.15. The van der Waals surface area contributed by atoms with Gasteiger partial charge in [0.15, 0.2) is 18.3 Å². The first-order valence-corrected chi connectivity index (χ1v) is 10.5. The molecule has 0 radical (unpaired) electrons. The van der Waals surface area contributed by atoms with Crippen LogP contribution in [0.5, 0.6) is 0 Å². The molecule has 2 rings (SSSR count). The van der Waals surface area contributed by atoms with Gasteiger partial charge >= 0.3 is 23.9 Å². The van der Waals surface area contributed by atoms with Gasteiger partial charge < -0.3 is 23.7 Å². The predicted octanol–water partition coefficient (Wildman–Crippen LogP) is 2.52. The normalized spacial score (nSPS) is 25.3. The maximum absolute atomic E-state index is 11.8. The second-order valence-electron chi connectivity index (χ2n) is 6.64. The van der Waals surface area contributed by atoms with Crippen molar-refractivity contribution in [1.82, 2.24) is 0 Å². The molecule has 1 aromatic carbocycles. The van der Waals surface area contributed by atoms with Gasteiger partial charge in [-0.05, 0) is 24.3 Å². The van der Waals surface area contributed by atoms with Crippen molar-refractivity contribution >= 4 is 47.2 Å². The van der Waals surface area contributed by atoms with Crippen molar-refractivity contribution in [2.75, 3.05) is 6.61 Å². The van der Waals surface area contributed by atoms with Crippen molar-refractivity contribution in [2.24, 2.45) is 0 Å². The number of esters is 4. The maximum atomic E-state index is 11.8. The number of benzene rings is 1. The Balaban J connectivity index is 2.43. The number of halogens is 1. The molecule has 0 unspecified atom stereocenters. The van der Waals surface area contributed by atoms with Crippen molar-refractivity contribution in [3.8, 4) is 0 Å². The molecule has 1 fully saturated rings. The van der Waals surface area contributed by atoms with Crippen LogP contribution in [0.1, 0.15) is 27.7 Å². The molecule has 1 aromatic rings. The number of hydrogen-bond donors (Lipinski definition) is 0.